The Morgan fingerprint density at radius 2 is 1.52 bits per heavy atom. The zero-order valence-electron chi connectivity index (χ0n) is 17.2. The molecule has 4 rings (SSSR count). The summed E-state index contributed by atoms with van der Waals surface area (Å²) in [6.45, 7) is 19.9. The molecule has 0 N–H and O–H groups in total. The van der Waals surface area contributed by atoms with Gasteiger partial charge in [0, 0.05) is 74.9 Å². The summed E-state index contributed by atoms with van der Waals surface area (Å²) in [5, 5.41) is 0. The van der Waals surface area contributed by atoms with E-state index >= 15 is 0 Å². The van der Waals surface area contributed by atoms with Gasteiger partial charge < -0.3 is 0 Å². The van der Waals surface area contributed by atoms with Gasteiger partial charge >= 0.3 is 0 Å². The predicted molar refractivity (Wildman–Crippen MR) is 105 cm³/mol. The number of likely N-dealkylation sites (N-methyl/N-ethyl adjacent to an activating group) is 1. The third kappa shape index (κ3) is 3.18. The van der Waals surface area contributed by atoms with E-state index in [1.807, 2.05) is 0 Å². The van der Waals surface area contributed by atoms with Crippen LogP contribution in [-0.4, -0.2) is 95.1 Å². The van der Waals surface area contributed by atoms with Crippen molar-refractivity contribution in [1.82, 2.24) is 19.6 Å². The van der Waals surface area contributed by atoms with Crippen LogP contribution in [0.4, 0.5) is 0 Å². The fraction of sp³-hybridized carbons (Fsp3) is 1.00. The highest BCUT2D eigenvalue weighted by Crippen LogP contribution is 2.37. The van der Waals surface area contributed by atoms with Crippen molar-refractivity contribution >= 4 is 0 Å². The molecule has 4 heterocycles. The fourth-order valence-electron chi connectivity index (χ4n) is 6.11. The fourth-order valence-corrected chi connectivity index (χ4v) is 6.11. The molecule has 144 valence electrons. The summed E-state index contributed by atoms with van der Waals surface area (Å²) < 4.78 is 0. The predicted octanol–water partition coefficient (Wildman–Crippen LogP) is 2.35. The van der Waals surface area contributed by atoms with Crippen molar-refractivity contribution in [3.05, 3.63) is 0 Å². The maximum atomic E-state index is 2.83. The van der Waals surface area contributed by atoms with E-state index in [0.717, 1.165) is 42.2 Å². The molecule has 4 nitrogen and oxygen atoms in total. The summed E-state index contributed by atoms with van der Waals surface area (Å²) in [6, 6.07) is 4.85. The van der Waals surface area contributed by atoms with Crippen LogP contribution in [-0.2, 0) is 0 Å². The Bertz CT molecular complexity index is 467. The molecule has 0 aliphatic carbocycles. The van der Waals surface area contributed by atoms with Gasteiger partial charge in [-0.25, -0.2) is 0 Å². The van der Waals surface area contributed by atoms with Gasteiger partial charge in [-0.05, 0) is 53.5 Å². The van der Waals surface area contributed by atoms with E-state index in [4.69, 9.17) is 0 Å². The number of rotatable bonds is 7. The van der Waals surface area contributed by atoms with Crippen molar-refractivity contribution < 1.29 is 0 Å². The number of hydrogen-bond donors (Lipinski definition) is 0. The first kappa shape index (κ1) is 18.2. The summed E-state index contributed by atoms with van der Waals surface area (Å²) in [7, 11) is 0. The summed E-state index contributed by atoms with van der Waals surface area (Å²) >= 11 is 0. The van der Waals surface area contributed by atoms with E-state index in [9.17, 15) is 0 Å². The third-order valence-electron chi connectivity index (χ3n) is 8.02. The summed E-state index contributed by atoms with van der Waals surface area (Å²) in [5.41, 5.74) is 0. The highest BCUT2D eigenvalue weighted by atomic mass is 15.4. The lowest BCUT2D eigenvalue weighted by Gasteiger charge is -2.49. The van der Waals surface area contributed by atoms with E-state index in [1.165, 1.54) is 58.5 Å². The van der Waals surface area contributed by atoms with Crippen LogP contribution in [0, 0.1) is 5.92 Å². The van der Waals surface area contributed by atoms with E-state index in [2.05, 4.69) is 54.2 Å². The first-order valence-corrected chi connectivity index (χ1v) is 11.0. The average Bonchev–Trinajstić information content (AvgIpc) is 3.04. The van der Waals surface area contributed by atoms with Crippen LogP contribution in [0.5, 0.6) is 0 Å². The van der Waals surface area contributed by atoms with Crippen LogP contribution in [0.15, 0.2) is 0 Å². The van der Waals surface area contributed by atoms with Crippen LogP contribution in [0.25, 0.3) is 0 Å². The summed E-state index contributed by atoms with van der Waals surface area (Å²) in [5.74, 6) is 0.955. The molecule has 0 spiro atoms. The Labute approximate surface area is 155 Å². The second-order valence-corrected chi connectivity index (χ2v) is 9.60. The zero-order valence-corrected chi connectivity index (χ0v) is 17.2. The van der Waals surface area contributed by atoms with Gasteiger partial charge in [0.15, 0.2) is 0 Å². The minimum absolute atomic E-state index is 0.719. The molecule has 0 aromatic heterocycles. The van der Waals surface area contributed by atoms with Crippen molar-refractivity contribution in [2.75, 3.05) is 39.3 Å². The lowest BCUT2D eigenvalue weighted by atomic mass is 9.88. The van der Waals surface area contributed by atoms with Gasteiger partial charge in [0.1, 0.15) is 0 Å². The van der Waals surface area contributed by atoms with Gasteiger partial charge in [-0.3, -0.25) is 19.6 Å². The molecule has 0 radical (unpaired) electrons. The van der Waals surface area contributed by atoms with Crippen LogP contribution in [0.2, 0.25) is 0 Å². The lowest BCUT2D eigenvalue weighted by molar-refractivity contribution is -0.00287. The monoisotopic (exact) mass is 348 g/mol. The summed E-state index contributed by atoms with van der Waals surface area (Å²) in [6.07, 6.45) is 4.15. The van der Waals surface area contributed by atoms with Crippen molar-refractivity contribution in [3.63, 3.8) is 0 Å². The van der Waals surface area contributed by atoms with Crippen LogP contribution in [0.3, 0.4) is 0 Å². The third-order valence-corrected chi connectivity index (χ3v) is 8.02. The molecule has 0 saturated carbocycles. The molecular weight excluding hydrogens is 308 g/mol. The van der Waals surface area contributed by atoms with Gasteiger partial charge in [0.2, 0.25) is 0 Å². The zero-order chi connectivity index (χ0) is 17.7. The number of likely N-dealkylation sites (tertiary alicyclic amines) is 4. The van der Waals surface area contributed by atoms with Crippen LogP contribution in [0.1, 0.15) is 53.9 Å². The van der Waals surface area contributed by atoms with Crippen molar-refractivity contribution in [3.8, 4) is 0 Å². The Morgan fingerprint density at radius 3 is 2.20 bits per heavy atom. The van der Waals surface area contributed by atoms with E-state index < -0.39 is 0 Å². The lowest BCUT2D eigenvalue weighted by Crippen LogP contribution is -2.62. The first-order valence-electron chi connectivity index (χ1n) is 11.0. The van der Waals surface area contributed by atoms with Gasteiger partial charge in [-0.1, -0.05) is 6.92 Å². The standard InChI is InChI=1S/C21H40N4/c1-6-22-14-21-19(22)9-10-24(21)16(4)7-8-17(5)25-12-18-11-23(15(2)3)13-20(18)25/h15-21H,6-14H2,1-5H3. The van der Waals surface area contributed by atoms with E-state index in [0.29, 0.717) is 0 Å². The molecule has 0 bridgehead atoms. The van der Waals surface area contributed by atoms with Crippen LogP contribution >= 0.6 is 0 Å². The average molecular weight is 349 g/mol. The molecule has 25 heavy (non-hydrogen) atoms. The van der Waals surface area contributed by atoms with Gasteiger partial charge in [0.05, 0.1) is 0 Å². The normalized spacial score (nSPS) is 39.1. The largest absolute Gasteiger partial charge is 0.299 e. The summed E-state index contributed by atoms with van der Waals surface area (Å²) in [4.78, 5) is 11.0. The molecular formula is C21H40N4. The topological polar surface area (TPSA) is 13.0 Å². The van der Waals surface area contributed by atoms with Gasteiger partial charge in [0.25, 0.3) is 0 Å². The maximum absolute atomic E-state index is 2.83. The molecule has 4 aliphatic heterocycles. The molecule has 4 aliphatic rings. The van der Waals surface area contributed by atoms with Crippen molar-refractivity contribution in [1.29, 1.82) is 0 Å². The SMILES string of the molecule is CCN1CC2C1CCN2C(C)CCC(C)N1CC2CN(C(C)C)CC21. The second-order valence-electron chi connectivity index (χ2n) is 9.60. The number of hydrogen-bond acceptors (Lipinski definition) is 4. The molecule has 0 amide bonds. The molecule has 0 aromatic carbocycles. The number of fused-ring (bicyclic) bond motifs is 2. The smallest absolute Gasteiger partial charge is 0.0382 e. The maximum Gasteiger partial charge on any atom is 0.0382 e. The molecule has 4 heteroatoms. The molecule has 6 atom stereocenters. The molecule has 4 fully saturated rings. The quantitative estimate of drug-likeness (QED) is 0.700. The van der Waals surface area contributed by atoms with Crippen molar-refractivity contribution in [2.45, 2.75) is 90.1 Å². The van der Waals surface area contributed by atoms with Crippen LogP contribution < -0.4 is 0 Å². The van der Waals surface area contributed by atoms with Gasteiger partial charge in [-0.15, -0.1) is 0 Å². The Kier molecular flexibility index (Phi) is 5.18. The minimum Gasteiger partial charge on any atom is -0.299 e. The number of nitrogens with zero attached hydrogens (tertiary/aromatic N) is 4. The first-order chi connectivity index (χ1) is 12.0. The minimum atomic E-state index is 0.719. The Morgan fingerprint density at radius 1 is 0.800 bits per heavy atom. The van der Waals surface area contributed by atoms with E-state index in [-0.39, 0.29) is 0 Å². The van der Waals surface area contributed by atoms with Crippen molar-refractivity contribution in [2.24, 2.45) is 5.92 Å². The Hall–Kier alpha value is -0.160. The van der Waals surface area contributed by atoms with Gasteiger partial charge in [-0.2, -0.15) is 0 Å². The Balaban J connectivity index is 1.22. The highest BCUT2D eigenvalue weighted by molar-refractivity contribution is 5.05. The van der Waals surface area contributed by atoms with E-state index in [1.54, 1.807) is 0 Å². The second kappa shape index (κ2) is 7.10. The molecule has 6 unspecified atom stereocenters. The molecule has 0 aromatic rings. The highest BCUT2D eigenvalue weighted by Gasteiger charge is 2.48. The molecule has 4 saturated heterocycles.